The minimum atomic E-state index is -0.153. The molecule has 0 aliphatic carbocycles. The third-order valence-electron chi connectivity index (χ3n) is 5.12. The van der Waals surface area contributed by atoms with Crippen LogP contribution in [0, 0.1) is 6.92 Å². The summed E-state index contributed by atoms with van der Waals surface area (Å²) < 4.78 is 1.83. The number of rotatable bonds is 4. The fourth-order valence-electron chi connectivity index (χ4n) is 3.58. The molecule has 8 heteroatoms. The van der Waals surface area contributed by atoms with Gasteiger partial charge < -0.3 is 5.32 Å². The average molecular weight is 370 g/mol. The Kier molecular flexibility index (Phi) is 4.69. The number of fused-ring (bicyclic) bond motifs is 1. The van der Waals surface area contributed by atoms with Crippen molar-refractivity contribution in [1.29, 1.82) is 0 Å². The standard InChI is InChI=1S/C18H22N6OS/c1-12-16(26-11-21-12)10-23-7-4-13(5-8-23)15-3-6-20-17-14(18(25)19-2)9-22-24(15)17/h3,6,9,11,13H,4-5,7-8,10H2,1-2H3,(H,19,25). The summed E-state index contributed by atoms with van der Waals surface area (Å²) in [6, 6.07) is 2.03. The zero-order valence-electron chi connectivity index (χ0n) is 15.0. The van der Waals surface area contributed by atoms with Crippen molar-refractivity contribution in [3.8, 4) is 0 Å². The molecule has 1 fully saturated rings. The van der Waals surface area contributed by atoms with Gasteiger partial charge in [0.2, 0.25) is 0 Å². The van der Waals surface area contributed by atoms with E-state index in [-0.39, 0.29) is 5.91 Å². The molecule has 0 atom stereocenters. The van der Waals surface area contributed by atoms with Crippen LogP contribution in [0.25, 0.3) is 5.65 Å². The lowest BCUT2D eigenvalue weighted by Gasteiger charge is -2.31. The number of aromatic nitrogens is 4. The lowest BCUT2D eigenvalue weighted by Crippen LogP contribution is -2.33. The average Bonchev–Trinajstić information content (AvgIpc) is 3.28. The number of thiazole rings is 1. The Balaban J connectivity index is 1.50. The molecule has 4 rings (SSSR count). The third kappa shape index (κ3) is 3.10. The Hall–Kier alpha value is -2.32. The lowest BCUT2D eigenvalue weighted by molar-refractivity contribution is 0.0964. The van der Waals surface area contributed by atoms with E-state index >= 15 is 0 Å². The molecule has 1 aliphatic heterocycles. The number of hydrogen-bond donors (Lipinski definition) is 1. The molecule has 0 radical (unpaired) electrons. The maximum atomic E-state index is 12.0. The first kappa shape index (κ1) is 17.1. The van der Waals surface area contributed by atoms with Gasteiger partial charge in [0.15, 0.2) is 5.65 Å². The van der Waals surface area contributed by atoms with E-state index < -0.39 is 0 Å². The van der Waals surface area contributed by atoms with Gasteiger partial charge in [0, 0.05) is 36.3 Å². The molecule has 3 aromatic heterocycles. The van der Waals surface area contributed by atoms with E-state index in [4.69, 9.17) is 0 Å². The predicted molar refractivity (Wildman–Crippen MR) is 100 cm³/mol. The molecule has 3 aromatic rings. The largest absolute Gasteiger partial charge is 0.355 e. The van der Waals surface area contributed by atoms with E-state index in [1.165, 1.54) is 4.88 Å². The second-order valence-electron chi connectivity index (χ2n) is 6.65. The summed E-state index contributed by atoms with van der Waals surface area (Å²) >= 11 is 1.74. The highest BCUT2D eigenvalue weighted by Gasteiger charge is 2.24. The number of hydrogen-bond acceptors (Lipinski definition) is 6. The Bertz CT molecular complexity index is 925. The van der Waals surface area contributed by atoms with Crippen LogP contribution in [0.1, 0.15) is 45.4 Å². The molecule has 4 heterocycles. The number of likely N-dealkylation sites (tertiary alicyclic amines) is 1. The van der Waals surface area contributed by atoms with E-state index in [1.807, 2.05) is 16.1 Å². The second-order valence-corrected chi connectivity index (χ2v) is 7.59. The molecule has 7 nitrogen and oxygen atoms in total. The molecule has 1 saturated heterocycles. The van der Waals surface area contributed by atoms with E-state index in [9.17, 15) is 4.79 Å². The number of carbonyl (C=O) groups excluding carboxylic acids is 1. The van der Waals surface area contributed by atoms with Gasteiger partial charge in [0.25, 0.3) is 5.91 Å². The Morgan fingerprint density at radius 2 is 2.15 bits per heavy atom. The highest BCUT2D eigenvalue weighted by Crippen LogP contribution is 2.29. The molecular formula is C18H22N6OS. The number of aryl methyl sites for hydroxylation is 1. The van der Waals surface area contributed by atoms with Crippen molar-refractivity contribution in [2.75, 3.05) is 20.1 Å². The van der Waals surface area contributed by atoms with Gasteiger partial charge in [-0.05, 0) is 38.9 Å². The summed E-state index contributed by atoms with van der Waals surface area (Å²) in [5, 5.41) is 7.07. The van der Waals surface area contributed by atoms with Crippen molar-refractivity contribution in [1.82, 2.24) is 29.8 Å². The van der Waals surface area contributed by atoms with E-state index in [2.05, 4.69) is 32.2 Å². The monoisotopic (exact) mass is 370 g/mol. The number of amides is 1. The number of nitrogens with one attached hydrogen (secondary N) is 1. The van der Waals surface area contributed by atoms with E-state index in [0.717, 1.165) is 43.9 Å². The van der Waals surface area contributed by atoms with Crippen LogP contribution in [0.5, 0.6) is 0 Å². The van der Waals surface area contributed by atoms with E-state index in [0.29, 0.717) is 17.1 Å². The van der Waals surface area contributed by atoms with Crippen molar-refractivity contribution in [2.24, 2.45) is 0 Å². The van der Waals surface area contributed by atoms with Gasteiger partial charge in [0.1, 0.15) is 5.56 Å². The Morgan fingerprint density at radius 3 is 2.85 bits per heavy atom. The summed E-state index contributed by atoms with van der Waals surface area (Å²) in [5.74, 6) is 0.274. The Labute approximate surface area is 156 Å². The first-order valence-corrected chi connectivity index (χ1v) is 9.71. The van der Waals surface area contributed by atoms with Crippen LogP contribution in [0.3, 0.4) is 0 Å². The molecule has 1 N–H and O–H groups in total. The maximum absolute atomic E-state index is 12.0. The first-order valence-electron chi connectivity index (χ1n) is 8.83. The molecule has 1 aliphatic rings. The second kappa shape index (κ2) is 7.13. The molecule has 136 valence electrons. The van der Waals surface area contributed by atoms with Crippen LogP contribution in [0.2, 0.25) is 0 Å². The summed E-state index contributed by atoms with van der Waals surface area (Å²) in [6.07, 6.45) is 5.54. The van der Waals surface area contributed by atoms with Crippen molar-refractivity contribution >= 4 is 22.9 Å². The quantitative estimate of drug-likeness (QED) is 0.762. The molecule has 0 unspecified atom stereocenters. The zero-order chi connectivity index (χ0) is 18.1. The molecule has 0 saturated carbocycles. The predicted octanol–water partition coefficient (Wildman–Crippen LogP) is 2.23. The highest BCUT2D eigenvalue weighted by molar-refractivity contribution is 7.09. The lowest BCUT2D eigenvalue weighted by atomic mass is 9.93. The molecule has 0 aromatic carbocycles. The highest BCUT2D eigenvalue weighted by atomic mass is 32.1. The number of nitrogens with zero attached hydrogens (tertiary/aromatic N) is 5. The Morgan fingerprint density at radius 1 is 1.35 bits per heavy atom. The van der Waals surface area contributed by atoms with Crippen molar-refractivity contribution in [3.63, 3.8) is 0 Å². The van der Waals surface area contributed by atoms with Crippen LogP contribution in [0.4, 0.5) is 0 Å². The van der Waals surface area contributed by atoms with Gasteiger partial charge in [-0.25, -0.2) is 14.5 Å². The summed E-state index contributed by atoms with van der Waals surface area (Å²) in [6.45, 7) is 5.16. The van der Waals surface area contributed by atoms with Crippen LogP contribution in [-0.4, -0.2) is 50.5 Å². The number of piperidine rings is 1. The first-order chi connectivity index (χ1) is 12.7. The fraction of sp³-hybridized carbons (Fsp3) is 0.444. The maximum Gasteiger partial charge on any atom is 0.256 e. The molecule has 0 spiro atoms. The van der Waals surface area contributed by atoms with Crippen LogP contribution >= 0.6 is 11.3 Å². The van der Waals surface area contributed by atoms with Gasteiger partial charge in [0.05, 0.1) is 17.4 Å². The van der Waals surface area contributed by atoms with Crippen LogP contribution in [-0.2, 0) is 6.54 Å². The van der Waals surface area contributed by atoms with Crippen molar-refractivity contribution in [3.05, 3.63) is 45.8 Å². The third-order valence-corrected chi connectivity index (χ3v) is 6.04. The normalized spacial score (nSPS) is 16.2. The fourth-order valence-corrected chi connectivity index (χ4v) is 4.40. The van der Waals surface area contributed by atoms with E-state index in [1.54, 1.807) is 30.8 Å². The van der Waals surface area contributed by atoms with Crippen LogP contribution < -0.4 is 5.32 Å². The smallest absolute Gasteiger partial charge is 0.256 e. The van der Waals surface area contributed by atoms with Gasteiger partial charge in [-0.15, -0.1) is 11.3 Å². The molecule has 1 amide bonds. The van der Waals surface area contributed by atoms with Gasteiger partial charge in [-0.2, -0.15) is 5.10 Å². The van der Waals surface area contributed by atoms with Crippen molar-refractivity contribution in [2.45, 2.75) is 32.2 Å². The summed E-state index contributed by atoms with van der Waals surface area (Å²) in [7, 11) is 1.62. The number of carbonyl (C=O) groups is 1. The topological polar surface area (TPSA) is 75.4 Å². The SMILES string of the molecule is CNC(=O)c1cnn2c(C3CCN(Cc4scnc4C)CC3)ccnc12. The van der Waals surface area contributed by atoms with Crippen molar-refractivity contribution < 1.29 is 4.79 Å². The minimum absolute atomic E-state index is 0.153. The molecular weight excluding hydrogens is 348 g/mol. The zero-order valence-corrected chi connectivity index (χ0v) is 15.8. The summed E-state index contributed by atoms with van der Waals surface area (Å²) in [4.78, 5) is 24.5. The van der Waals surface area contributed by atoms with Crippen LogP contribution in [0.15, 0.2) is 24.0 Å². The summed E-state index contributed by atoms with van der Waals surface area (Å²) in [5.41, 5.74) is 5.36. The molecule has 26 heavy (non-hydrogen) atoms. The minimum Gasteiger partial charge on any atom is -0.355 e. The molecule has 0 bridgehead atoms. The van der Waals surface area contributed by atoms with Gasteiger partial charge in [-0.1, -0.05) is 0 Å². The van der Waals surface area contributed by atoms with Gasteiger partial charge in [-0.3, -0.25) is 9.69 Å². The van der Waals surface area contributed by atoms with Gasteiger partial charge >= 0.3 is 0 Å².